The van der Waals surface area contributed by atoms with Crippen molar-refractivity contribution in [3.05, 3.63) is 0 Å². The SMILES string of the molecule is CC(CCCN)C(=O)N(C)CC(F)(F)F. The summed E-state index contributed by atoms with van der Waals surface area (Å²) in [5.41, 5.74) is 5.25. The van der Waals surface area contributed by atoms with E-state index in [-0.39, 0.29) is 0 Å². The molecule has 0 aromatic rings. The minimum absolute atomic E-state index is 0.402. The van der Waals surface area contributed by atoms with Crippen LogP contribution in [0.4, 0.5) is 13.2 Å². The Balaban J connectivity index is 4.08. The Labute approximate surface area is 87.4 Å². The van der Waals surface area contributed by atoms with Crippen LogP contribution in [0.3, 0.4) is 0 Å². The molecular formula is C9H17F3N2O. The highest BCUT2D eigenvalue weighted by atomic mass is 19.4. The minimum atomic E-state index is -4.34. The summed E-state index contributed by atoms with van der Waals surface area (Å²) >= 11 is 0. The molecule has 0 spiro atoms. The largest absolute Gasteiger partial charge is 0.406 e. The number of halogens is 3. The molecule has 6 heteroatoms. The Morgan fingerprint density at radius 1 is 1.47 bits per heavy atom. The number of nitrogens with two attached hydrogens (primary N) is 1. The van der Waals surface area contributed by atoms with E-state index in [4.69, 9.17) is 5.73 Å². The molecule has 0 saturated heterocycles. The van der Waals surface area contributed by atoms with Gasteiger partial charge in [0.1, 0.15) is 6.54 Å². The highest BCUT2D eigenvalue weighted by Crippen LogP contribution is 2.17. The maximum Gasteiger partial charge on any atom is 0.406 e. The van der Waals surface area contributed by atoms with E-state index in [2.05, 4.69) is 0 Å². The smallest absolute Gasteiger partial charge is 0.336 e. The second kappa shape index (κ2) is 5.95. The van der Waals surface area contributed by atoms with E-state index in [0.29, 0.717) is 24.3 Å². The van der Waals surface area contributed by atoms with Gasteiger partial charge in [0.15, 0.2) is 0 Å². The van der Waals surface area contributed by atoms with Crippen LogP contribution in [0.2, 0.25) is 0 Å². The van der Waals surface area contributed by atoms with Crippen LogP contribution < -0.4 is 5.73 Å². The molecule has 90 valence electrons. The van der Waals surface area contributed by atoms with E-state index in [9.17, 15) is 18.0 Å². The second-order valence-electron chi connectivity index (χ2n) is 3.64. The fourth-order valence-electron chi connectivity index (χ4n) is 1.27. The van der Waals surface area contributed by atoms with E-state index < -0.39 is 24.5 Å². The van der Waals surface area contributed by atoms with Crippen LogP contribution in [0.5, 0.6) is 0 Å². The fourth-order valence-corrected chi connectivity index (χ4v) is 1.27. The molecule has 1 amide bonds. The van der Waals surface area contributed by atoms with Gasteiger partial charge < -0.3 is 10.6 Å². The molecule has 3 nitrogen and oxygen atoms in total. The zero-order chi connectivity index (χ0) is 12.1. The van der Waals surface area contributed by atoms with Gasteiger partial charge in [-0.05, 0) is 19.4 Å². The van der Waals surface area contributed by atoms with Gasteiger partial charge in [-0.15, -0.1) is 0 Å². The van der Waals surface area contributed by atoms with Gasteiger partial charge >= 0.3 is 6.18 Å². The van der Waals surface area contributed by atoms with Gasteiger partial charge in [0.25, 0.3) is 0 Å². The van der Waals surface area contributed by atoms with Crippen LogP contribution in [0.1, 0.15) is 19.8 Å². The zero-order valence-corrected chi connectivity index (χ0v) is 8.97. The third kappa shape index (κ3) is 6.33. The van der Waals surface area contributed by atoms with Crippen LogP contribution in [0.15, 0.2) is 0 Å². The molecular weight excluding hydrogens is 209 g/mol. The van der Waals surface area contributed by atoms with E-state index in [1.807, 2.05) is 0 Å². The number of alkyl halides is 3. The Morgan fingerprint density at radius 2 is 2.00 bits per heavy atom. The van der Waals surface area contributed by atoms with Crippen LogP contribution in [-0.2, 0) is 4.79 Å². The van der Waals surface area contributed by atoms with Gasteiger partial charge in [-0.1, -0.05) is 6.92 Å². The number of rotatable bonds is 5. The topological polar surface area (TPSA) is 46.3 Å². The number of amides is 1. The second-order valence-corrected chi connectivity index (χ2v) is 3.64. The summed E-state index contributed by atoms with van der Waals surface area (Å²) in [6.07, 6.45) is -3.16. The highest BCUT2D eigenvalue weighted by molar-refractivity contribution is 5.78. The first-order valence-electron chi connectivity index (χ1n) is 4.79. The van der Waals surface area contributed by atoms with Crippen molar-refractivity contribution in [3.8, 4) is 0 Å². The average molecular weight is 226 g/mol. The van der Waals surface area contributed by atoms with Crippen molar-refractivity contribution in [2.24, 2.45) is 11.7 Å². The molecule has 0 bridgehead atoms. The first-order valence-corrected chi connectivity index (χ1v) is 4.79. The van der Waals surface area contributed by atoms with Gasteiger partial charge in [-0.25, -0.2) is 0 Å². The highest BCUT2D eigenvalue weighted by Gasteiger charge is 2.32. The van der Waals surface area contributed by atoms with Crippen molar-refractivity contribution in [1.82, 2.24) is 4.90 Å². The van der Waals surface area contributed by atoms with Crippen molar-refractivity contribution in [2.75, 3.05) is 20.1 Å². The predicted molar refractivity (Wildman–Crippen MR) is 51.1 cm³/mol. The molecule has 0 aliphatic rings. The lowest BCUT2D eigenvalue weighted by Gasteiger charge is -2.22. The van der Waals surface area contributed by atoms with E-state index >= 15 is 0 Å². The Morgan fingerprint density at radius 3 is 2.40 bits per heavy atom. The van der Waals surface area contributed by atoms with E-state index in [1.165, 1.54) is 0 Å². The molecule has 0 aliphatic heterocycles. The lowest BCUT2D eigenvalue weighted by Crippen LogP contribution is -2.38. The monoisotopic (exact) mass is 226 g/mol. The molecule has 0 radical (unpaired) electrons. The number of hydrogen-bond acceptors (Lipinski definition) is 2. The maximum absolute atomic E-state index is 12.0. The minimum Gasteiger partial charge on any atom is -0.336 e. The normalized spacial score (nSPS) is 13.7. The Bertz CT molecular complexity index is 206. The number of carbonyl (C=O) groups excluding carboxylic acids is 1. The van der Waals surface area contributed by atoms with Gasteiger partial charge in [-0.3, -0.25) is 4.79 Å². The first-order chi connectivity index (χ1) is 6.78. The molecule has 0 aromatic heterocycles. The molecule has 0 aliphatic carbocycles. The standard InChI is InChI=1S/C9H17F3N2O/c1-7(4-3-5-13)8(15)14(2)6-9(10,11)12/h7H,3-6,13H2,1-2H3. The van der Waals surface area contributed by atoms with Crippen LogP contribution in [-0.4, -0.2) is 37.1 Å². The van der Waals surface area contributed by atoms with Crippen molar-refractivity contribution < 1.29 is 18.0 Å². The van der Waals surface area contributed by atoms with Crippen molar-refractivity contribution in [2.45, 2.75) is 25.9 Å². The molecule has 0 heterocycles. The number of nitrogens with zero attached hydrogens (tertiary/aromatic N) is 1. The van der Waals surface area contributed by atoms with Crippen molar-refractivity contribution >= 4 is 5.91 Å². The molecule has 2 N–H and O–H groups in total. The first kappa shape index (κ1) is 14.2. The summed E-state index contributed by atoms with van der Waals surface area (Å²) < 4.78 is 35.9. The van der Waals surface area contributed by atoms with Crippen LogP contribution >= 0.6 is 0 Å². The zero-order valence-electron chi connectivity index (χ0n) is 8.97. The van der Waals surface area contributed by atoms with Crippen molar-refractivity contribution in [3.63, 3.8) is 0 Å². The summed E-state index contributed by atoms with van der Waals surface area (Å²) in [6, 6.07) is 0. The number of hydrogen-bond donors (Lipinski definition) is 1. The molecule has 0 saturated carbocycles. The summed E-state index contributed by atoms with van der Waals surface area (Å²) in [4.78, 5) is 12.1. The predicted octanol–water partition coefficient (Wildman–Crippen LogP) is 1.38. The fraction of sp³-hybridized carbons (Fsp3) is 0.889. The van der Waals surface area contributed by atoms with Crippen molar-refractivity contribution in [1.29, 1.82) is 0 Å². The quantitative estimate of drug-likeness (QED) is 0.769. The van der Waals surface area contributed by atoms with E-state index in [0.717, 1.165) is 7.05 Å². The Kier molecular flexibility index (Phi) is 5.64. The molecule has 0 rings (SSSR count). The van der Waals surface area contributed by atoms with Gasteiger partial charge in [0, 0.05) is 13.0 Å². The molecule has 1 atom stereocenters. The number of carbonyl (C=O) groups is 1. The Hall–Kier alpha value is -0.780. The summed E-state index contributed by atoms with van der Waals surface area (Å²) in [5.74, 6) is -0.887. The molecule has 0 fully saturated rings. The van der Waals surface area contributed by atoms with Crippen LogP contribution in [0, 0.1) is 5.92 Å². The van der Waals surface area contributed by atoms with E-state index in [1.54, 1.807) is 6.92 Å². The molecule has 0 aromatic carbocycles. The van der Waals surface area contributed by atoms with Crippen LogP contribution in [0.25, 0.3) is 0 Å². The van der Waals surface area contributed by atoms with Gasteiger partial charge in [-0.2, -0.15) is 13.2 Å². The summed E-state index contributed by atoms with van der Waals surface area (Å²) in [6.45, 7) is 0.865. The molecule has 15 heavy (non-hydrogen) atoms. The summed E-state index contributed by atoms with van der Waals surface area (Å²) in [5, 5.41) is 0. The lowest BCUT2D eigenvalue weighted by atomic mass is 10.0. The summed E-state index contributed by atoms with van der Waals surface area (Å²) in [7, 11) is 1.16. The van der Waals surface area contributed by atoms with Gasteiger partial charge in [0.05, 0.1) is 0 Å². The average Bonchev–Trinajstić information content (AvgIpc) is 2.10. The maximum atomic E-state index is 12.0. The lowest BCUT2D eigenvalue weighted by molar-refractivity contribution is -0.160. The third-order valence-electron chi connectivity index (χ3n) is 2.06. The third-order valence-corrected chi connectivity index (χ3v) is 2.06. The van der Waals surface area contributed by atoms with Gasteiger partial charge in [0.2, 0.25) is 5.91 Å². The molecule has 1 unspecified atom stereocenters.